The maximum atomic E-state index is 12.5. The molecule has 2 aromatic carbocycles. The number of unbranched alkanes of at least 4 members (excludes halogenated alkanes) is 1. The van der Waals surface area contributed by atoms with Crippen molar-refractivity contribution in [3.63, 3.8) is 0 Å². The Kier molecular flexibility index (Phi) is 8.55. The van der Waals surface area contributed by atoms with Crippen LogP contribution in [0.1, 0.15) is 41.3 Å². The lowest BCUT2D eigenvalue weighted by molar-refractivity contribution is 0.0953. The van der Waals surface area contributed by atoms with Crippen LogP contribution in [0.3, 0.4) is 0 Å². The maximum absolute atomic E-state index is 12.5. The van der Waals surface area contributed by atoms with Gasteiger partial charge in [-0.2, -0.15) is 0 Å². The number of nitrogens with zero attached hydrogens (tertiary/aromatic N) is 1. The molecule has 0 aliphatic carbocycles. The molecule has 37 heavy (non-hydrogen) atoms. The van der Waals surface area contributed by atoms with Crippen LogP contribution < -0.4 is 16.2 Å². The Morgan fingerprint density at radius 3 is 2.54 bits per heavy atom. The zero-order valence-electron chi connectivity index (χ0n) is 21.0. The lowest BCUT2D eigenvalue weighted by atomic mass is 10.1. The number of pyridine rings is 1. The molecule has 0 bridgehead atoms. The minimum Gasteiger partial charge on any atom is -0.354 e. The van der Waals surface area contributed by atoms with Crippen LogP contribution in [-0.2, 0) is 6.42 Å². The van der Waals surface area contributed by atoms with E-state index in [4.69, 9.17) is 0 Å². The van der Waals surface area contributed by atoms with Crippen molar-refractivity contribution in [1.82, 2.24) is 15.2 Å². The van der Waals surface area contributed by atoms with Crippen LogP contribution in [0.25, 0.3) is 5.70 Å². The molecule has 0 saturated carbocycles. The number of carbonyl (C=O) groups is 1. The third-order valence-corrected chi connectivity index (χ3v) is 6.08. The average Bonchev–Trinajstić information content (AvgIpc) is 2.92. The van der Waals surface area contributed by atoms with Crippen LogP contribution in [0, 0.1) is 0 Å². The number of hydrogen-bond donors (Lipinski definition) is 3. The van der Waals surface area contributed by atoms with Crippen molar-refractivity contribution >= 4 is 17.3 Å². The van der Waals surface area contributed by atoms with Gasteiger partial charge in [-0.3, -0.25) is 9.59 Å². The molecule has 1 amide bonds. The summed E-state index contributed by atoms with van der Waals surface area (Å²) in [5, 5.41) is 6.39. The number of amides is 1. The molecule has 0 saturated heterocycles. The van der Waals surface area contributed by atoms with Crippen LogP contribution >= 0.6 is 0 Å². The van der Waals surface area contributed by atoms with E-state index in [9.17, 15) is 9.59 Å². The van der Waals surface area contributed by atoms with Crippen LogP contribution in [0.5, 0.6) is 0 Å². The van der Waals surface area contributed by atoms with Gasteiger partial charge in [-0.1, -0.05) is 43.0 Å². The van der Waals surface area contributed by atoms with Crippen molar-refractivity contribution < 1.29 is 4.79 Å². The van der Waals surface area contributed by atoms with Gasteiger partial charge < -0.3 is 20.5 Å². The van der Waals surface area contributed by atoms with Crippen LogP contribution in [0.4, 0.5) is 5.69 Å². The summed E-state index contributed by atoms with van der Waals surface area (Å²) in [4.78, 5) is 28.9. The molecule has 1 aliphatic rings. The van der Waals surface area contributed by atoms with Crippen molar-refractivity contribution in [2.75, 3.05) is 11.9 Å². The number of aromatic amines is 1. The maximum Gasteiger partial charge on any atom is 0.251 e. The molecule has 6 heteroatoms. The second kappa shape index (κ2) is 12.4. The Morgan fingerprint density at radius 1 is 1.03 bits per heavy atom. The summed E-state index contributed by atoms with van der Waals surface area (Å²) >= 11 is 0. The van der Waals surface area contributed by atoms with E-state index in [0.717, 1.165) is 47.6 Å². The first-order chi connectivity index (χ1) is 18.0. The molecule has 0 atom stereocenters. The lowest BCUT2D eigenvalue weighted by Gasteiger charge is -2.30. The molecule has 3 aromatic rings. The number of aryl methyl sites for hydroxylation is 1. The summed E-state index contributed by atoms with van der Waals surface area (Å²) in [6.45, 7) is 6.84. The normalized spacial score (nSPS) is 13.3. The van der Waals surface area contributed by atoms with Crippen LogP contribution in [0.2, 0.25) is 0 Å². The van der Waals surface area contributed by atoms with E-state index in [1.165, 1.54) is 5.56 Å². The van der Waals surface area contributed by atoms with Gasteiger partial charge in [0, 0.05) is 41.8 Å². The van der Waals surface area contributed by atoms with Gasteiger partial charge in [0.15, 0.2) is 0 Å². The minimum absolute atomic E-state index is 0.0720. The number of nitrogens with one attached hydrogen (secondary N) is 3. The van der Waals surface area contributed by atoms with Gasteiger partial charge >= 0.3 is 0 Å². The predicted molar refractivity (Wildman–Crippen MR) is 151 cm³/mol. The molecular weight excluding hydrogens is 460 g/mol. The highest BCUT2D eigenvalue weighted by molar-refractivity contribution is 5.94. The van der Waals surface area contributed by atoms with Gasteiger partial charge in [-0.15, -0.1) is 0 Å². The Bertz CT molecular complexity index is 1380. The largest absolute Gasteiger partial charge is 0.354 e. The van der Waals surface area contributed by atoms with E-state index in [0.29, 0.717) is 12.1 Å². The van der Waals surface area contributed by atoms with E-state index < -0.39 is 0 Å². The van der Waals surface area contributed by atoms with Gasteiger partial charge in [0.1, 0.15) is 0 Å². The molecule has 1 aromatic heterocycles. The molecule has 4 rings (SSSR count). The van der Waals surface area contributed by atoms with Crippen molar-refractivity contribution in [2.45, 2.75) is 26.2 Å². The number of anilines is 1. The molecule has 188 valence electrons. The van der Waals surface area contributed by atoms with Crippen molar-refractivity contribution in [2.24, 2.45) is 0 Å². The van der Waals surface area contributed by atoms with Crippen LogP contribution in [0.15, 0.2) is 120 Å². The summed E-state index contributed by atoms with van der Waals surface area (Å²) in [5.41, 5.74) is 5.86. The van der Waals surface area contributed by atoms with Gasteiger partial charge in [0.25, 0.3) is 5.91 Å². The number of carbonyl (C=O) groups excluding carboxylic acids is 1. The molecular formula is C31H32N4O2. The van der Waals surface area contributed by atoms with Gasteiger partial charge in [0.05, 0.1) is 17.1 Å². The van der Waals surface area contributed by atoms with E-state index in [2.05, 4.69) is 46.5 Å². The van der Waals surface area contributed by atoms with Gasteiger partial charge in [-0.05, 0) is 74.2 Å². The molecule has 0 spiro atoms. The van der Waals surface area contributed by atoms with E-state index in [1.54, 1.807) is 12.3 Å². The Hall–Kier alpha value is -4.58. The monoisotopic (exact) mass is 492 g/mol. The summed E-state index contributed by atoms with van der Waals surface area (Å²) in [5.74, 6) is -0.0720. The third kappa shape index (κ3) is 6.76. The van der Waals surface area contributed by atoms with E-state index in [1.807, 2.05) is 72.6 Å². The van der Waals surface area contributed by atoms with Crippen molar-refractivity contribution in [1.29, 1.82) is 0 Å². The highest BCUT2D eigenvalue weighted by Gasteiger charge is 2.20. The molecule has 0 fully saturated rings. The van der Waals surface area contributed by atoms with E-state index >= 15 is 0 Å². The summed E-state index contributed by atoms with van der Waals surface area (Å²) in [7, 11) is 0. The lowest BCUT2D eigenvalue weighted by Crippen LogP contribution is -2.24. The number of benzene rings is 2. The molecule has 6 nitrogen and oxygen atoms in total. The third-order valence-electron chi connectivity index (χ3n) is 6.08. The standard InChI is InChI=1S/C31H32N4O2/c1-3-21-35-23(2)28(16-17-29(35)26-18-20-32-30(36)22-26)34-27-14-12-25(13-15-27)31(37)33-19-8-7-11-24-9-5-4-6-10-24/h3-6,9-10,12-18,20-22,34H,2,7-8,11,19H2,1H3,(H,32,36)(H,33,37)/b21-3-. The first-order valence-electron chi connectivity index (χ1n) is 12.5. The predicted octanol–water partition coefficient (Wildman–Crippen LogP) is 5.83. The van der Waals surface area contributed by atoms with E-state index in [-0.39, 0.29) is 11.5 Å². The minimum atomic E-state index is -0.159. The Labute approximate surface area is 217 Å². The van der Waals surface area contributed by atoms with Gasteiger partial charge in [-0.25, -0.2) is 0 Å². The number of allylic oxidation sites excluding steroid dienone is 3. The zero-order valence-corrected chi connectivity index (χ0v) is 21.0. The first-order valence-corrected chi connectivity index (χ1v) is 12.5. The fourth-order valence-electron chi connectivity index (χ4n) is 4.15. The molecule has 3 N–H and O–H groups in total. The Balaban J connectivity index is 1.34. The van der Waals surface area contributed by atoms with Gasteiger partial charge in [0.2, 0.25) is 5.56 Å². The van der Waals surface area contributed by atoms with Crippen molar-refractivity contribution in [3.05, 3.63) is 142 Å². The molecule has 1 aliphatic heterocycles. The fourth-order valence-corrected chi connectivity index (χ4v) is 4.15. The molecule has 0 unspecified atom stereocenters. The number of aromatic nitrogens is 1. The smallest absolute Gasteiger partial charge is 0.251 e. The summed E-state index contributed by atoms with van der Waals surface area (Å²) in [6.07, 6.45) is 12.3. The Morgan fingerprint density at radius 2 is 1.81 bits per heavy atom. The fraction of sp³-hybridized carbons (Fsp3) is 0.161. The number of rotatable bonds is 10. The quantitative estimate of drug-likeness (QED) is 0.311. The molecule has 2 heterocycles. The zero-order chi connectivity index (χ0) is 26.0. The molecule has 0 radical (unpaired) electrons. The van der Waals surface area contributed by atoms with Crippen molar-refractivity contribution in [3.8, 4) is 0 Å². The number of H-pyrrole nitrogens is 1. The average molecular weight is 493 g/mol. The number of hydrogen-bond acceptors (Lipinski definition) is 4. The SMILES string of the molecule is C=C1C(Nc2ccc(C(=O)NCCCCc3ccccc3)cc2)=CC=C(c2cc[nH]c(=O)c2)N1/C=C\C. The topological polar surface area (TPSA) is 77.2 Å². The second-order valence-corrected chi connectivity index (χ2v) is 8.77. The highest BCUT2D eigenvalue weighted by Crippen LogP contribution is 2.31. The summed E-state index contributed by atoms with van der Waals surface area (Å²) in [6, 6.07) is 21.2. The summed E-state index contributed by atoms with van der Waals surface area (Å²) < 4.78 is 0. The second-order valence-electron chi connectivity index (χ2n) is 8.77. The highest BCUT2D eigenvalue weighted by atomic mass is 16.1. The first kappa shape index (κ1) is 25.5. The van der Waals surface area contributed by atoms with Crippen LogP contribution in [-0.4, -0.2) is 22.3 Å².